The highest BCUT2D eigenvalue weighted by molar-refractivity contribution is 5.98. The summed E-state index contributed by atoms with van der Waals surface area (Å²) in [6, 6.07) is 4.83. The number of carbonyl (C=O) groups excluding carboxylic acids is 2. The molecule has 2 N–H and O–H groups in total. The van der Waals surface area contributed by atoms with Crippen molar-refractivity contribution in [3.05, 3.63) is 39.9 Å². The van der Waals surface area contributed by atoms with Crippen molar-refractivity contribution in [2.75, 3.05) is 0 Å². The van der Waals surface area contributed by atoms with Gasteiger partial charge in [0, 0.05) is 24.4 Å². The van der Waals surface area contributed by atoms with Crippen LogP contribution in [0.5, 0.6) is 0 Å². The molecule has 0 radical (unpaired) electrons. The summed E-state index contributed by atoms with van der Waals surface area (Å²) >= 11 is 0. The van der Waals surface area contributed by atoms with E-state index in [4.69, 9.17) is 0 Å². The molecule has 2 aromatic rings. The Balaban J connectivity index is 1.49. The monoisotopic (exact) mass is 354 g/mol. The van der Waals surface area contributed by atoms with Gasteiger partial charge in [-0.05, 0) is 37.5 Å². The zero-order chi connectivity index (χ0) is 18.1. The molecule has 2 amide bonds. The largest absolute Gasteiger partial charge is 0.296 e. The van der Waals surface area contributed by atoms with E-state index in [2.05, 4.69) is 15.8 Å². The molecule has 0 atom stereocenters. The molecule has 0 spiro atoms. The predicted molar refractivity (Wildman–Crippen MR) is 96.5 cm³/mol. The molecule has 1 aliphatic carbocycles. The van der Waals surface area contributed by atoms with E-state index >= 15 is 0 Å². The molecular formula is C19H22N4O3. The summed E-state index contributed by atoms with van der Waals surface area (Å²) in [6.07, 6.45) is 6.72. The van der Waals surface area contributed by atoms with Gasteiger partial charge in [0.05, 0.1) is 10.9 Å². The smallest absolute Gasteiger partial charge is 0.269 e. The lowest BCUT2D eigenvalue weighted by atomic mass is 9.89. The minimum Gasteiger partial charge on any atom is -0.296 e. The van der Waals surface area contributed by atoms with Gasteiger partial charge in [-0.25, -0.2) is 4.98 Å². The number of aromatic nitrogens is 2. The summed E-state index contributed by atoms with van der Waals surface area (Å²) in [6.45, 7) is 0.701. The Morgan fingerprint density at radius 1 is 1.08 bits per heavy atom. The second kappa shape index (κ2) is 6.90. The molecule has 1 aromatic carbocycles. The summed E-state index contributed by atoms with van der Waals surface area (Å²) in [5, 5.41) is 0.512. The Kier molecular flexibility index (Phi) is 4.44. The van der Waals surface area contributed by atoms with E-state index in [-0.39, 0.29) is 17.4 Å². The topological polar surface area (TPSA) is 93.1 Å². The fourth-order valence-electron chi connectivity index (χ4n) is 3.88. The lowest BCUT2D eigenvalue weighted by Gasteiger charge is -2.20. The van der Waals surface area contributed by atoms with Crippen molar-refractivity contribution in [3.8, 4) is 0 Å². The van der Waals surface area contributed by atoms with Crippen LogP contribution in [0.25, 0.3) is 10.9 Å². The number of benzene rings is 1. The minimum atomic E-state index is -0.404. The zero-order valence-electron chi connectivity index (χ0n) is 14.6. The average Bonchev–Trinajstić information content (AvgIpc) is 3.15. The highest BCUT2D eigenvalue weighted by Gasteiger charge is 2.22. The summed E-state index contributed by atoms with van der Waals surface area (Å²) < 4.78 is 1.70. The number of fused-ring (bicyclic) bond motifs is 2. The van der Waals surface area contributed by atoms with E-state index in [1.165, 1.54) is 6.42 Å². The molecular weight excluding hydrogens is 332 g/mol. The van der Waals surface area contributed by atoms with Crippen molar-refractivity contribution in [2.24, 2.45) is 5.92 Å². The van der Waals surface area contributed by atoms with Crippen LogP contribution >= 0.6 is 0 Å². The van der Waals surface area contributed by atoms with E-state index in [0.29, 0.717) is 23.0 Å². The maximum absolute atomic E-state index is 12.5. The van der Waals surface area contributed by atoms with Gasteiger partial charge in [0.15, 0.2) is 0 Å². The fraction of sp³-hybridized carbons (Fsp3) is 0.474. The molecule has 7 nitrogen and oxygen atoms in total. The van der Waals surface area contributed by atoms with Gasteiger partial charge in [-0.1, -0.05) is 19.3 Å². The first kappa shape index (κ1) is 16.8. The third-order valence-corrected chi connectivity index (χ3v) is 5.35. The highest BCUT2D eigenvalue weighted by Crippen LogP contribution is 2.23. The third kappa shape index (κ3) is 3.09. The van der Waals surface area contributed by atoms with Crippen molar-refractivity contribution in [2.45, 2.75) is 51.5 Å². The Labute approximate surface area is 150 Å². The molecule has 2 heterocycles. The van der Waals surface area contributed by atoms with Crippen LogP contribution in [0.1, 0.15) is 54.7 Å². The van der Waals surface area contributed by atoms with Crippen molar-refractivity contribution in [1.29, 1.82) is 0 Å². The molecule has 4 rings (SSSR count). The molecule has 1 saturated carbocycles. The van der Waals surface area contributed by atoms with Gasteiger partial charge in [0.25, 0.3) is 11.5 Å². The molecule has 0 saturated heterocycles. The molecule has 136 valence electrons. The maximum atomic E-state index is 12.5. The standard InChI is InChI=1S/C19H22N4O3/c24-17(12-5-2-1-3-6-12)21-22-18(25)13-8-9-14-15(11-13)20-16-7-4-10-23(16)19(14)26/h8-9,11-12H,1-7,10H2,(H,21,24)(H,22,25). The number of nitrogens with zero attached hydrogens (tertiary/aromatic N) is 2. The molecule has 2 aliphatic rings. The van der Waals surface area contributed by atoms with Crippen LogP contribution in [0.15, 0.2) is 23.0 Å². The summed E-state index contributed by atoms with van der Waals surface area (Å²) in [4.78, 5) is 41.5. The number of amides is 2. The first-order valence-electron chi connectivity index (χ1n) is 9.27. The Morgan fingerprint density at radius 2 is 1.88 bits per heavy atom. The minimum absolute atomic E-state index is 0.0232. The fourth-order valence-corrected chi connectivity index (χ4v) is 3.88. The van der Waals surface area contributed by atoms with E-state index in [9.17, 15) is 14.4 Å². The Hall–Kier alpha value is -2.70. The molecule has 7 heteroatoms. The van der Waals surface area contributed by atoms with Gasteiger partial charge in [0.2, 0.25) is 5.91 Å². The van der Waals surface area contributed by atoms with Crippen LogP contribution in [0.4, 0.5) is 0 Å². The van der Waals surface area contributed by atoms with Gasteiger partial charge >= 0.3 is 0 Å². The maximum Gasteiger partial charge on any atom is 0.269 e. The number of hydrogen-bond donors (Lipinski definition) is 2. The molecule has 1 aromatic heterocycles. The van der Waals surface area contributed by atoms with Crippen LogP contribution in [-0.4, -0.2) is 21.4 Å². The molecule has 26 heavy (non-hydrogen) atoms. The van der Waals surface area contributed by atoms with Crippen molar-refractivity contribution < 1.29 is 9.59 Å². The van der Waals surface area contributed by atoms with Crippen molar-refractivity contribution >= 4 is 22.7 Å². The van der Waals surface area contributed by atoms with Crippen LogP contribution in [0.2, 0.25) is 0 Å². The number of rotatable bonds is 2. The number of nitrogens with one attached hydrogen (secondary N) is 2. The number of carbonyl (C=O) groups is 2. The predicted octanol–water partition coefficient (Wildman–Crippen LogP) is 1.68. The van der Waals surface area contributed by atoms with Crippen LogP contribution < -0.4 is 16.4 Å². The van der Waals surface area contributed by atoms with E-state index < -0.39 is 5.91 Å². The van der Waals surface area contributed by atoms with Gasteiger partial charge < -0.3 is 0 Å². The second-order valence-electron chi connectivity index (χ2n) is 7.10. The Bertz CT molecular complexity index is 928. The normalized spacial score (nSPS) is 17.1. The Morgan fingerprint density at radius 3 is 2.69 bits per heavy atom. The van der Waals surface area contributed by atoms with Gasteiger partial charge in [0.1, 0.15) is 5.82 Å². The quantitative estimate of drug-likeness (QED) is 0.803. The van der Waals surface area contributed by atoms with Crippen molar-refractivity contribution in [3.63, 3.8) is 0 Å². The summed E-state index contributed by atoms with van der Waals surface area (Å²) in [7, 11) is 0. The first-order valence-corrected chi connectivity index (χ1v) is 9.27. The number of hydrazine groups is 1. The number of hydrogen-bond acceptors (Lipinski definition) is 4. The lowest BCUT2D eigenvalue weighted by molar-refractivity contribution is -0.126. The highest BCUT2D eigenvalue weighted by atomic mass is 16.2. The van der Waals surface area contributed by atoms with Crippen LogP contribution in [-0.2, 0) is 17.8 Å². The van der Waals surface area contributed by atoms with Gasteiger partial charge in [-0.15, -0.1) is 0 Å². The van der Waals surface area contributed by atoms with Gasteiger partial charge in [-0.3, -0.25) is 29.8 Å². The van der Waals surface area contributed by atoms with E-state index in [1.807, 2.05) is 0 Å². The zero-order valence-corrected chi connectivity index (χ0v) is 14.6. The number of aryl methyl sites for hydroxylation is 1. The first-order chi connectivity index (χ1) is 12.6. The molecule has 1 fully saturated rings. The van der Waals surface area contributed by atoms with Crippen LogP contribution in [0, 0.1) is 5.92 Å². The van der Waals surface area contributed by atoms with Crippen LogP contribution in [0.3, 0.4) is 0 Å². The van der Waals surface area contributed by atoms with Gasteiger partial charge in [-0.2, -0.15) is 0 Å². The summed E-state index contributed by atoms with van der Waals surface area (Å²) in [5.41, 5.74) is 5.84. The summed E-state index contributed by atoms with van der Waals surface area (Å²) in [5.74, 6) is 0.210. The molecule has 1 aliphatic heterocycles. The molecule has 0 unspecified atom stereocenters. The SMILES string of the molecule is O=C(NNC(=O)C1CCCCC1)c1ccc2c(=O)n3c(nc2c1)CCC3. The lowest BCUT2D eigenvalue weighted by Crippen LogP contribution is -2.45. The van der Waals surface area contributed by atoms with Crippen molar-refractivity contribution in [1.82, 2.24) is 20.4 Å². The second-order valence-corrected chi connectivity index (χ2v) is 7.10. The molecule has 0 bridgehead atoms. The average molecular weight is 354 g/mol. The van der Waals surface area contributed by atoms with E-state index in [0.717, 1.165) is 44.3 Å². The third-order valence-electron chi connectivity index (χ3n) is 5.35. The van der Waals surface area contributed by atoms with E-state index in [1.54, 1.807) is 22.8 Å².